The van der Waals surface area contributed by atoms with E-state index in [2.05, 4.69) is 24.0 Å². The number of hydrogen-bond donors (Lipinski definition) is 1. The number of methoxy groups -OCH3 is 1. The van der Waals surface area contributed by atoms with Gasteiger partial charge in [0.05, 0.1) is 23.4 Å². The van der Waals surface area contributed by atoms with Crippen LogP contribution < -0.4 is 23.8 Å². The molecular weight excluding hydrogens is 456 g/mol. The molecule has 0 aliphatic carbocycles. The number of fused-ring (bicyclic) bond motifs is 1. The van der Waals surface area contributed by atoms with Gasteiger partial charge in [-0.05, 0) is 37.4 Å². The van der Waals surface area contributed by atoms with Gasteiger partial charge >= 0.3 is 6.29 Å². The number of piperazine rings is 1. The number of ether oxygens (including phenoxy) is 3. The zero-order valence-corrected chi connectivity index (χ0v) is 18.4. The van der Waals surface area contributed by atoms with Crippen molar-refractivity contribution in [3.05, 3.63) is 36.4 Å². The highest BCUT2D eigenvalue weighted by molar-refractivity contribution is 7.92. The Morgan fingerprint density at radius 3 is 2.39 bits per heavy atom. The first-order chi connectivity index (χ1) is 14.2. The predicted molar refractivity (Wildman–Crippen MR) is 113 cm³/mol. The molecule has 2 aliphatic heterocycles. The lowest BCUT2D eigenvalue weighted by Gasteiger charge is -2.34. The van der Waals surface area contributed by atoms with Gasteiger partial charge in [0, 0.05) is 32.2 Å². The number of nitrogens with zero attached hydrogens (tertiary/aromatic N) is 2. The van der Waals surface area contributed by atoms with E-state index in [9.17, 15) is 17.2 Å². The van der Waals surface area contributed by atoms with Gasteiger partial charge in [0.15, 0.2) is 11.5 Å². The third-order valence-electron chi connectivity index (χ3n) is 4.96. The first-order valence-corrected chi connectivity index (χ1v) is 10.7. The van der Waals surface area contributed by atoms with Crippen molar-refractivity contribution in [3.63, 3.8) is 0 Å². The lowest BCUT2D eigenvalue weighted by Crippen LogP contribution is -2.44. The van der Waals surface area contributed by atoms with Gasteiger partial charge in [-0.15, -0.1) is 21.2 Å². The van der Waals surface area contributed by atoms with E-state index in [0.29, 0.717) is 11.4 Å². The molecule has 0 spiro atoms. The third kappa shape index (κ3) is 4.89. The number of hydrogen-bond acceptors (Lipinski definition) is 7. The molecule has 0 bridgehead atoms. The Labute approximate surface area is 185 Å². The topological polar surface area (TPSA) is 80.3 Å². The van der Waals surface area contributed by atoms with Crippen molar-refractivity contribution in [2.75, 3.05) is 50.0 Å². The van der Waals surface area contributed by atoms with Crippen LogP contribution in [-0.4, -0.2) is 59.9 Å². The fourth-order valence-electron chi connectivity index (χ4n) is 3.36. The summed E-state index contributed by atoms with van der Waals surface area (Å²) in [4.78, 5) is 4.29. The lowest BCUT2D eigenvalue weighted by atomic mass is 10.2. The quantitative estimate of drug-likeness (QED) is 0.709. The number of anilines is 2. The molecule has 31 heavy (non-hydrogen) atoms. The highest BCUT2D eigenvalue weighted by Crippen LogP contribution is 2.42. The second kappa shape index (κ2) is 8.56. The molecule has 1 N–H and O–H groups in total. The third-order valence-corrected chi connectivity index (χ3v) is 6.34. The predicted octanol–water partition coefficient (Wildman–Crippen LogP) is 2.99. The summed E-state index contributed by atoms with van der Waals surface area (Å²) in [6.07, 6.45) is -3.77. The van der Waals surface area contributed by atoms with Crippen molar-refractivity contribution in [3.8, 4) is 17.2 Å². The van der Waals surface area contributed by atoms with E-state index in [4.69, 9.17) is 4.74 Å². The molecule has 0 radical (unpaired) electrons. The highest BCUT2D eigenvalue weighted by Gasteiger charge is 2.43. The van der Waals surface area contributed by atoms with E-state index in [0.717, 1.165) is 32.2 Å². The van der Waals surface area contributed by atoms with Crippen LogP contribution in [0.1, 0.15) is 0 Å². The average molecular weight is 478 g/mol. The van der Waals surface area contributed by atoms with Gasteiger partial charge in [0.2, 0.25) is 0 Å². The summed E-state index contributed by atoms with van der Waals surface area (Å²) in [7, 11) is -0.423. The summed E-state index contributed by atoms with van der Waals surface area (Å²) in [5.41, 5.74) is 0.755. The molecule has 170 valence electrons. The van der Waals surface area contributed by atoms with Crippen molar-refractivity contribution < 1.29 is 31.4 Å². The molecule has 1 saturated heterocycles. The largest absolute Gasteiger partial charge is 0.586 e. The number of halogens is 3. The zero-order chi connectivity index (χ0) is 21.5. The maximum absolute atomic E-state index is 13.2. The van der Waals surface area contributed by atoms with E-state index in [-0.39, 0.29) is 34.5 Å². The van der Waals surface area contributed by atoms with Gasteiger partial charge in [-0.2, -0.15) is 0 Å². The molecule has 2 heterocycles. The van der Waals surface area contributed by atoms with E-state index >= 15 is 0 Å². The van der Waals surface area contributed by atoms with Crippen molar-refractivity contribution in [1.29, 1.82) is 0 Å². The molecule has 0 amide bonds. The summed E-state index contributed by atoms with van der Waals surface area (Å²) in [6.45, 7) is 3.17. The Bertz CT molecular complexity index is 1060. The molecule has 8 nitrogen and oxygen atoms in total. The van der Waals surface area contributed by atoms with Crippen LogP contribution in [0.4, 0.5) is 20.2 Å². The molecule has 12 heteroatoms. The van der Waals surface area contributed by atoms with Crippen LogP contribution in [0, 0.1) is 0 Å². The Hall–Kier alpha value is -2.50. The number of sulfonamides is 1. The lowest BCUT2D eigenvalue weighted by molar-refractivity contribution is -0.286. The first kappa shape index (κ1) is 23.2. The number of benzene rings is 2. The van der Waals surface area contributed by atoms with Crippen LogP contribution in [-0.2, 0) is 10.0 Å². The molecule has 2 aromatic carbocycles. The molecule has 4 rings (SSSR count). The normalized spacial score (nSPS) is 17.7. The van der Waals surface area contributed by atoms with E-state index in [1.54, 1.807) is 12.1 Å². The van der Waals surface area contributed by atoms with E-state index < -0.39 is 16.3 Å². The maximum atomic E-state index is 13.2. The fourth-order valence-corrected chi connectivity index (χ4v) is 4.43. The Balaban J connectivity index is 0.00000272. The number of nitrogens with one attached hydrogen (secondary N) is 1. The molecule has 0 unspecified atom stereocenters. The summed E-state index contributed by atoms with van der Waals surface area (Å²) < 4.78 is 68.7. The first-order valence-electron chi connectivity index (χ1n) is 9.21. The molecule has 0 atom stereocenters. The van der Waals surface area contributed by atoms with Crippen LogP contribution in [0.25, 0.3) is 0 Å². The second-order valence-electron chi connectivity index (χ2n) is 7.06. The van der Waals surface area contributed by atoms with E-state index in [1.165, 1.54) is 25.3 Å². The van der Waals surface area contributed by atoms with Crippen LogP contribution in [0.3, 0.4) is 0 Å². The van der Waals surface area contributed by atoms with Gasteiger partial charge in [0.25, 0.3) is 10.0 Å². The number of likely N-dealkylation sites (N-methyl/N-ethyl adjacent to an activating group) is 1. The summed E-state index contributed by atoms with van der Waals surface area (Å²) in [6, 6.07) is 8.28. The van der Waals surface area contributed by atoms with Crippen molar-refractivity contribution >= 4 is 33.8 Å². The van der Waals surface area contributed by atoms with Gasteiger partial charge in [-0.25, -0.2) is 8.42 Å². The Morgan fingerprint density at radius 2 is 1.71 bits per heavy atom. The molecular formula is C19H22ClF2N3O5S. The second-order valence-corrected chi connectivity index (χ2v) is 8.74. The summed E-state index contributed by atoms with van der Waals surface area (Å²) in [5.74, 6) is 0.168. The van der Waals surface area contributed by atoms with Crippen LogP contribution in [0.15, 0.2) is 41.3 Å². The molecule has 2 aliphatic rings. The van der Waals surface area contributed by atoms with Crippen LogP contribution >= 0.6 is 12.4 Å². The van der Waals surface area contributed by atoms with Gasteiger partial charge in [-0.3, -0.25) is 4.72 Å². The zero-order valence-electron chi connectivity index (χ0n) is 16.8. The number of rotatable bonds is 5. The van der Waals surface area contributed by atoms with Crippen LogP contribution in [0.5, 0.6) is 17.2 Å². The molecule has 2 aromatic rings. The minimum absolute atomic E-state index is 0. The Kier molecular flexibility index (Phi) is 6.40. The van der Waals surface area contributed by atoms with Gasteiger partial charge < -0.3 is 24.0 Å². The van der Waals surface area contributed by atoms with Gasteiger partial charge in [-0.1, -0.05) is 0 Å². The number of alkyl halides is 2. The van der Waals surface area contributed by atoms with E-state index in [1.807, 2.05) is 7.05 Å². The van der Waals surface area contributed by atoms with Crippen molar-refractivity contribution in [2.45, 2.75) is 11.2 Å². The maximum Gasteiger partial charge on any atom is 0.586 e. The fraction of sp³-hybridized carbons (Fsp3) is 0.368. The minimum atomic E-state index is -3.98. The van der Waals surface area contributed by atoms with Gasteiger partial charge in [0.1, 0.15) is 5.75 Å². The highest BCUT2D eigenvalue weighted by atomic mass is 35.5. The molecule has 0 aromatic heterocycles. The smallest absolute Gasteiger partial charge is 0.495 e. The standard InChI is InChI=1S/C19H21F2N3O5S.ClH/c1-23-7-9-24(10-8-23)15-12-14(4-6-16(15)27-2)30(25,26)22-13-3-5-17-18(11-13)29-19(20,21)28-17;/h3-6,11-12,22H,7-10H2,1-2H3;1H. The summed E-state index contributed by atoms with van der Waals surface area (Å²) >= 11 is 0. The SMILES string of the molecule is COc1ccc(S(=O)(=O)Nc2ccc3c(c2)OC(F)(F)O3)cc1N1CCN(C)CC1.Cl. The van der Waals surface area contributed by atoms with Crippen molar-refractivity contribution in [2.24, 2.45) is 0 Å². The molecule has 0 saturated carbocycles. The van der Waals surface area contributed by atoms with Crippen LogP contribution in [0.2, 0.25) is 0 Å². The minimum Gasteiger partial charge on any atom is -0.495 e. The monoisotopic (exact) mass is 477 g/mol. The molecule has 1 fully saturated rings. The average Bonchev–Trinajstić information content (AvgIpc) is 3.01. The Morgan fingerprint density at radius 1 is 1.03 bits per heavy atom. The summed E-state index contributed by atoms with van der Waals surface area (Å²) in [5, 5.41) is 0. The van der Waals surface area contributed by atoms with Crippen molar-refractivity contribution in [1.82, 2.24) is 4.90 Å².